The molecule has 20 heavy (non-hydrogen) atoms. The fourth-order valence-electron chi connectivity index (χ4n) is 2.47. The molecule has 1 aromatic carbocycles. The third-order valence-corrected chi connectivity index (χ3v) is 3.95. The lowest BCUT2D eigenvalue weighted by molar-refractivity contribution is -0.137. The fourth-order valence-corrected chi connectivity index (χ4v) is 2.69. The predicted octanol–water partition coefficient (Wildman–Crippen LogP) is 2.22. The van der Waals surface area contributed by atoms with E-state index in [4.69, 9.17) is 22.1 Å². The van der Waals surface area contributed by atoms with Crippen LogP contribution in [-0.4, -0.2) is 36.5 Å². The lowest BCUT2D eigenvalue weighted by Gasteiger charge is -2.22. The standard InChI is InChI=1S/C15H21ClN2O2/c1-10-7-13(16)3-4-14(10)20-11(2)15(19)18-6-5-12(8-17)9-18/h3-4,7,11-12H,5-6,8-9,17H2,1-2H3/t11-,12-/m1/s1. The van der Waals surface area contributed by atoms with E-state index < -0.39 is 6.10 Å². The first-order valence-corrected chi connectivity index (χ1v) is 7.30. The molecule has 1 fully saturated rings. The largest absolute Gasteiger partial charge is 0.481 e. The van der Waals surface area contributed by atoms with Gasteiger partial charge in [-0.15, -0.1) is 0 Å². The summed E-state index contributed by atoms with van der Waals surface area (Å²) in [6.45, 7) is 5.84. The molecule has 0 spiro atoms. The molecule has 2 atom stereocenters. The van der Waals surface area contributed by atoms with Gasteiger partial charge in [0.05, 0.1) is 0 Å². The monoisotopic (exact) mass is 296 g/mol. The fraction of sp³-hybridized carbons (Fsp3) is 0.533. The maximum absolute atomic E-state index is 12.3. The number of ether oxygens (including phenoxy) is 1. The van der Waals surface area contributed by atoms with Crippen molar-refractivity contribution in [3.05, 3.63) is 28.8 Å². The van der Waals surface area contributed by atoms with Crippen molar-refractivity contribution in [2.24, 2.45) is 11.7 Å². The van der Waals surface area contributed by atoms with Gasteiger partial charge in [-0.1, -0.05) is 11.6 Å². The second kappa shape index (κ2) is 6.46. The van der Waals surface area contributed by atoms with E-state index in [9.17, 15) is 4.79 Å². The Labute approximate surface area is 124 Å². The van der Waals surface area contributed by atoms with Crippen LogP contribution in [0.25, 0.3) is 0 Å². The SMILES string of the molecule is Cc1cc(Cl)ccc1O[C@H](C)C(=O)N1CC[C@H](CN)C1. The minimum absolute atomic E-state index is 0.0234. The number of benzene rings is 1. The van der Waals surface area contributed by atoms with Crippen LogP contribution in [0, 0.1) is 12.8 Å². The number of nitrogens with zero attached hydrogens (tertiary/aromatic N) is 1. The number of likely N-dealkylation sites (tertiary alicyclic amines) is 1. The first-order valence-electron chi connectivity index (χ1n) is 6.93. The van der Waals surface area contributed by atoms with Gasteiger partial charge in [0.15, 0.2) is 6.10 Å². The highest BCUT2D eigenvalue weighted by atomic mass is 35.5. The zero-order valence-corrected chi connectivity index (χ0v) is 12.7. The Morgan fingerprint density at radius 1 is 1.60 bits per heavy atom. The van der Waals surface area contributed by atoms with Crippen LogP contribution >= 0.6 is 11.6 Å². The second-order valence-corrected chi connectivity index (χ2v) is 5.78. The Morgan fingerprint density at radius 3 is 2.95 bits per heavy atom. The van der Waals surface area contributed by atoms with E-state index in [0.717, 1.165) is 25.1 Å². The van der Waals surface area contributed by atoms with Crippen LogP contribution in [0.15, 0.2) is 18.2 Å². The van der Waals surface area contributed by atoms with Gasteiger partial charge in [-0.2, -0.15) is 0 Å². The number of amides is 1. The zero-order valence-electron chi connectivity index (χ0n) is 11.9. The van der Waals surface area contributed by atoms with E-state index in [1.807, 2.05) is 17.9 Å². The van der Waals surface area contributed by atoms with Gasteiger partial charge in [0.25, 0.3) is 5.91 Å². The Kier molecular flexibility index (Phi) is 4.89. The van der Waals surface area contributed by atoms with Crippen LogP contribution < -0.4 is 10.5 Å². The number of halogens is 1. The van der Waals surface area contributed by atoms with Gasteiger partial charge in [-0.25, -0.2) is 0 Å². The number of hydrogen-bond acceptors (Lipinski definition) is 3. The minimum Gasteiger partial charge on any atom is -0.481 e. The Bertz CT molecular complexity index is 493. The quantitative estimate of drug-likeness (QED) is 0.927. The van der Waals surface area contributed by atoms with Crippen LogP contribution in [0.5, 0.6) is 5.75 Å². The number of rotatable bonds is 4. The first kappa shape index (κ1) is 15.1. The Balaban J connectivity index is 1.97. The molecule has 0 saturated carbocycles. The summed E-state index contributed by atoms with van der Waals surface area (Å²) in [7, 11) is 0. The van der Waals surface area contributed by atoms with Crippen LogP contribution in [0.3, 0.4) is 0 Å². The molecule has 1 saturated heterocycles. The number of carbonyl (C=O) groups is 1. The van der Waals surface area contributed by atoms with Crippen molar-refractivity contribution in [3.8, 4) is 5.75 Å². The maximum Gasteiger partial charge on any atom is 0.263 e. The minimum atomic E-state index is -0.494. The third-order valence-electron chi connectivity index (χ3n) is 3.72. The smallest absolute Gasteiger partial charge is 0.263 e. The molecule has 4 nitrogen and oxygen atoms in total. The lowest BCUT2D eigenvalue weighted by atomic mass is 10.1. The molecule has 1 amide bonds. The van der Waals surface area contributed by atoms with Crippen LogP contribution in [0.1, 0.15) is 18.9 Å². The van der Waals surface area contributed by atoms with E-state index >= 15 is 0 Å². The first-order chi connectivity index (χ1) is 9.51. The molecule has 1 aliphatic heterocycles. The van der Waals surface area contributed by atoms with Crippen molar-refractivity contribution in [2.75, 3.05) is 19.6 Å². The molecular formula is C15H21ClN2O2. The van der Waals surface area contributed by atoms with Gasteiger partial charge in [0, 0.05) is 18.1 Å². The summed E-state index contributed by atoms with van der Waals surface area (Å²) < 4.78 is 5.76. The highest BCUT2D eigenvalue weighted by Crippen LogP contribution is 2.24. The number of nitrogens with two attached hydrogens (primary N) is 1. The summed E-state index contributed by atoms with van der Waals surface area (Å²) in [5.41, 5.74) is 6.58. The van der Waals surface area contributed by atoms with Gasteiger partial charge in [-0.05, 0) is 56.5 Å². The van der Waals surface area contributed by atoms with Gasteiger partial charge < -0.3 is 15.4 Å². The average molecular weight is 297 g/mol. The van der Waals surface area contributed by atoms with Crippen molar-refractivity contribution in [3.63, 3.8) is 0 Å². The number of hydrogen-bond donors (Lipinski definition) is 1. The Morgan fingerprint density at radius 2 is 2.35 bits per heavy atom. The van der Waals surface area contributed by atoms with Gasteiger partial charge in [0.1, 0.15) is 5.75 Å². The molecule has 5 heteroatoms. The van der Waals surface area contributed by atoms with Crippen molar-refractivity contribution >= 4 is 17.5 Å². The third kappa shape index (κ3) is 3.44. The topological polar surface area (TPSA) is 55.6 Å². The Hall–Kier alpha value is -1.26. The molecular weight excluding hydrogens is 276 g/mol. The molecule has 2 N–H and O–H groups in total. The number of carbonyl (C=O) groups excluding carboxylic acids is 1. The van der Waals surface area contributed by atoms with E-state index in [0.29, 0.717) is 23.2 Å². The van der Waals surface area contributed by atoms with Crippen LogP contribution in [-0.2, 0) is 4.79 Å². The molecule has 110 valence electrons. The van der Waals surface area contributed by atoms with Crippen LogP contribution in [0.2, 0.25) is 5.02 Å². The molecule has 1 aromatic rings. The summed E-state index contributed by atoms with van der Waals surface area (Å²) in [6, 6.07) is 5.39. The summed E-state index contributed by atoms with van der Waals surface area (Å²) >= 11 is 5.91. The summed E-state index contributed by atoms with van der Waals surface area (Å²) in [5.74, 6) is 1.14. The van der Waals surface area contributed by atoms with Crippen molar-refractivity contribution in [1.82, 2.24) is 4.90 Å². The van der Waals surface area contributed by atoms with Crippen molar-refractivity contribution < 1.29 is 9.53 Å². The lowest BCUT2D eigenvalue weighted by Crippen LogP contribution is -2.39. The maximum atomic E-state index is 12.3. The van der Waals surface area contributed by atoms with Crippen molar-refractivity contribution in [1.29, 1.82) is 0 Å². The molecule has 0 bridgehead atoms. The highest BCUT2D eigenvalue weighted by Gasteiger charge is 2.29. The predicted molar refractivity (Wildman–Crippen MR) is 80.0 cm³/mol. The molecule has 2 rings (SSSR count). The van der Waals surface area contributed by atoms with Gasteiger partial charge in [0.2, 0.25) is 0 Å². The molecule has 1 heterocycles. The molecule has 1 aliphatic rings. The van der Waals surface area contributed by atoms with Gasteiger partial charge >= 0.3 is 0 Å². The normalized spacial score (nSPS) is 20.0. The van der Waals surface area contributed by atoms with E-state index in [1.165, 1.54) is 0 Å². The van der Waals surface area contributed by atoms with E-state index in [2.05, 4.69) is 0 Å². The molecule has 0 aliphatic carbocycles. The van der Waals surface area contributed by atoms with E-state index in [-0.39, 0.29) is 5.91 Å². The average Bonchev–Trinajstić information content (AvgIpc) is 2.89. The summed E-state index contributed by atoms with van der Waals surface area (Å²) in [4.78, 5) is 14.2. The molecule has 0 radical (unpaired) electrons. The van der Waals surface area contributed by atoms with Crippen LogP contribution in [0.4, 0.5) is 0 Å². The summed E-state index contributed by atoms with van der Waals surface area (Å²) in [6.07, 6.45) is 0.487. The molecule has 0 aromatic heterocycles. The van der Waals surface area contributed by atoms with E-state index in [1.54, 1.807) is 19.1 Å². The second-order valence-electron chi connectivity index (χ2n) is 5.34. The number of aryl methyl sites for hydroxylation is 1. The summed E-state index contributed by atoms with van der Waals surface area (Å²) in [5, 5.41) is 0.666. The highest BCUT2D eigenvalue weighted by molar-refractivity contribution is 6.30. The van der Waals surface area contributed by atoms with Gasteiger partial charge in [-0.3, -0.25) is 4.79 Å². The molecule has 0 unspecified atom stereocenters. The zero-order chi connectivity index (χ0) is 14.7. The van der Waals surface area contributed by atoms with Crippen molar-refractivity contribution in [2.45, 2.75) is 26.4 Å².